The van der Waals surface area contributed by atoms with Gasteiger partial charge < -0.3 is 10.2 Å². The minimum absolute atomic E-state index is 0.180. The van der Waals surface area contributed by atoms with Crippen LogP contribution in [0.5, 0.6) is 5.75 Å². The van der Waals surface area contributed by atoms with Gasteiger partial charge in [0.05, 0.1) is 0 Å². The van der Waals surface area contributed by atoms with Crippen LogP contribution in [-0.4, -0.2) is 10.2 Å². The van der Waals surface area contributed by atoms with Gasteiger partial charge in [-0.2, -0.15) is 0 Å². The molecule has 72 valence electrons. The Hall–Kier alpha value is -1.54. The van der Waals surface area contributed by atoms with Crippen molar-refractivity contribution in [3.63, 3.8) is 0 Å². The van der Waals surface area contributed by atoms with Gasteiger partial charge in [-0.1, -0.05) is 30.4 Å². The highest BCUT2D eigenvalue weighted by atomic mass is 16.3. The number of phenolic OH excluding ortho intramolecular Hbond substituents is 1. The Balaban J connectivity index is 2.39. The summed E-state index contributed by atoms with van der Waals surface area (Å²) in [6.07, 6.45) is 7.91. The van der Waals surface area contributed by atoms with Crippen LogP contribution in [0.25, 0.3) is 0 Å². The molecule has 0 spiro atoms. The summed E-state index contributed by atoms with van der Waals surface area (Å²) in [7, 11) is 0. The summed E-state index contributed by atoms with van der Waals surface area (Å²) in [5.74, 6) is 0.180. The van der Waals surface area contributed by atoms with E-state index in [9.17, 15) is 10.2 Å². The summed E-state index contributed by atoms with van der Waals surface area (Å²) in [5, 5.41) is 19.5. The number of phenols is 1. The van der Waals surface area contributed by atoms with Crippen LogP contribution in [0.4, 0.5) is 0 Å². The molecule has 1 aliphatic rings. The number of hydrogen-bond acceptors (Lipinski definition) is 2. The Kier molecular flexibility index (Phi) is 2.14. The number of aliphatic hydroxyl groups is 1. The Morgan fingerprint density at radius 3 is 2.71 bits per heavy atom. The fourth-order valence-electron chi connectivity index (χ4n) is 1.60. The van der Waals surface area contributed by atoms with Gasteiger partial charge in [0.15, 0.2) is 0 Å². The first-order valence-corrected chi connectivity index (χ1v) is 4.57. The minimum atomic E-state index is -0.965. The molecule has 14 heavy (non-hydrogen) atoms. The largest absolute Gasteiger partial charge is 0.508 e. The van der Waals surface area contributed by atoms with Gasteiger partial charge in [0, 0.05) is 6.42 Å². The molecule has 0 heterocycles. The maximum atomic E-state index is 10.2. The lowest BCUT2D eigenvalue weighted by Gasteiger charge is -2.25. The molecule has 1 aliphatic carbocycles. The Morgan fingerprint density at radius 1 is 1.21 bits per heavy atom. The van der Waals surface area contributed by atoms with E-state index in [2.05, 4.69) is 0 Å². The summed E-state index contributed by atoms with van der Waals surface area (Å²) in [6, 6.07) is 6.72. The Morgan fingerprint density at radius 2 is 2.07 bits per heavy atom. The van der Waals surface area contributed by atoms with Gasteiger partial charge in [-0.15, -0.1) is 0 Å². The molecule has 1 atom stereocenters. The predicted octanol–water partition coefficient (Wildman–Crippen LogP) is 2.10. The summed E-state index contributed by atoms with van der Waals surface area (Å²) < 4.78 is 0. The van der Waals surface area contributed by atoms with Crippen LogP contribution >= 0.6 is 0 Å². The molecule has 2 heteroatoms. The molecule has 1 aromatic rings. The molecule has 0 fully saturated rings. The van der Waals surface area contributed by atoms with Crippen molar-refractivity contribution in [2.75, 3.05) is 0 Å². The van der Waals surface area contributed by atoms with Crippen LogP contribution in [-0.2, 0) is 5.60 Å². The number of hydrogen-bond donors (Lipinski definition) is 2. The molecule has 2 N–H and O–H groups in total. The van der Waals surface area contributed by atoms with Crippen LogP contribution in [0.3, 0.4) is 0 Å². The quantitative estimate of drug-likeness (QED) is 0.708. The monoisotopic (exact) mass is 188 g/mol. The van der Waals surface area contributed by atoms with E-state index in [1.165, 1.54) is 0 Å². The molecule has 0 amide bonds. The van der Waals surface area contributed by atoms with E-state index in [1.807, 2.05) is 24.3 Å². The molecule has 1 aromatic carbocycles. The average molecular weight is 188 g/mol. The van der Waals surface area contributed by atoms with Crippen molar-refractivity contribution in [2.45, 2.75) is 12.0 Å². The van der Waals surface area contributed by atoms with E-state index >= 15 is 0 Å². The first-order chi connectivity index (χ1) is 6.71. The fourth-order valence-corrected chi connectivity index (χ4v) is 1.60. The number of aromatic hydroxyl groups is 1. The minimum Gasteiger partial charge on any atom is -0.508 e. The van der Waals surface area contributed by atoms with Crippen molar-refractivity contribution in [1.82, 2.24) is 0 Å². The number of benzene rings is 1. The highest BCUT2D eigenvalue weighted by Gasteiger charge is 2.25. The first-order valence-electron chi connectivity index (χ1n) is 4.57. The second kappa shape index (κ2) is 3.31. The fraction of sp³-hybridized carbons (Fsp3) is 0.167. The van der Waals surface area contributed by atoms with Crippen molar-refractivity contribution < 1.29 is 10.2 Å². The lowest BCUT2D eigenvalue weighted by molar-refractivity contribution is 0.0913. The third-order valence-corrected chi connectivity index (χ3v) is 2.39. The summed E-state index contributed by atoms with van der Waals surface area (Å²) in [5.41, 5.74) is -0.244. The standard InChI is InChI=1S/C12H12O2/c13-11-6-4-5-10(9-11)12(14)7-2-1-3-8-12/h1-7,9,13-14H,8H2. The van der Waals surface area contributed by atoms with Gasteiger partial charge in [-0.05, 0) is 23.8 Å². The Bertz CT molecular complexity index is 393. The number of rotatable bonds is 1. The lowest BCUT2D eigenvalue weighted by atomic mass is 9.87. The summed E-state index contributed by atoms with van der Waals surface area (Å²) in [4.78, 5) is 0. The van der Waals surface area contributed by atoms with Crippen LogP contribution < -0.4 is 0 Å². The van der Waals surface area contributed by atoms with E-state index in [0.29, 0.717) is 6.42 Å². The molecule has 0 bridgehead atoms. The molecular weight excluding hydrogens is 176 g/mol. The lowest BCUT2D eigenvalue weighted by Crippen LogP contribution is -2.22. The zero-order valence-corrected chi connectivity index (χ0v) is 7.72. The van der Waals surface area contributed by atoms with Crippen molar-refractivity contribution in [2.24, 2.45) is 0 Å². The highest BCUT2D eigenvalue weighted by Crippen LogP contribution is 2.31. The first kappa shape index (κ1) is 9.03. The topological polar surface area (TPSA) is 40.5 Å². The van der Waals surface area contributed by atoms with Crippen LogP contribution in [0.15, 0.2) is 48.6 Å². The summed E-state index contributed by atoms with van der Waals surface area (Å²) in [6.45, 7) is 0. The molecule has 0 radical (unpaired) electrons. The maximum Gasteiger partial charge on any atom is 0.115 e. The van der Waals surface area contributed by atoms with E-state index in [1.54, 1.807) is 24.3 Å². The van der Waals surface area contributed by atoms with E-state index in [-0.39, 0.29) is 5.75 Å². The van der Waals surface area contributed by atoms with Gasteiger partial charge in [0.25, 0.3) is 0 Å². The molecule has 2 nitrogen and oxygen atoms in total. The predicted molar refractivity (Wildman–Crippen MR) is 54.9 cm³/mol. The van der Waals surface area contributed by atoms with E-state index in [4.69, 9.17) is 0 Å². The summed E-state index contributed by atoms with van der Waals surface area (Å²) >= 11 is 0. The second-order valence-electron chi connectivity index (χ2n) is 3.47. The molecular formula is C12H12O2. The van der Waals surface area contributed by atoms with Gasteiger partial charge in [-0.25, -0.2) is 0 Å². The van der Waals surface area contributed by atoms with E-state index < -0.39 is 5.60 Å². The molecule has 1 unspecified atom stereocenters. The third-order valence-electron chi connectivity index (χ3n) is 2.39. The van der Waals surface area contributed by atoms with E-state index in [0.717, 1.165) is 5.56 Å². The number of allylic oxidation sites excluding steroid dienone is 2. The van der Waals surface area contributed by atoms with Crippen molar-refractivity contribution >= 4 is 0 Å². The van der Waals surface area contributed by atoms with Crippen LogP contribution in [0.2, 0.25) is 0 Å². The van der Waals surface area contributed by atoms with Gasteiger partial charge in [0.2, 0.25) is 0 Å². The zero-order chi connectivity index (χ0) is 10.0. The van der Waals surface area contributed by atoms with Gasteiger partial charge in [0.1, 0.15) is 11.4 Å². The van der Waals surface area contributed by atoms with Crippen molar-refractivity contribution in [3.05, 3.63) is 54.1 Å². The second-order valence-corrected chi connectivity index (χ2v) is 3.47. The Labute approximate surface area is 82.8 Å². The van der Waals surface area contributed by atoms with Crippen molar-refractivity contribution in [3.8, 4) is 5.75 Å². The average Bonchev–Trinajstić information content (AvgIpc) is 2.19. The van der Waals surface area contributed by atoms with Crippen LogP contribution in [0.1, 0.15) is 12.0 Å². The molecule has 0 aromatic heterocycles. The van der Waals surface area contributed by atoms with Gasteiger partial charge in [-0.3, -0.25) is 0 Å². The smallest absolute Gasteiger partial charge is 0.115 e. The molecule has 0 saturated heterocycles. The van der Waals surface area contributed by atoms with Crippen molar-refractivity contribution in [1.29, 1.82) is 0 Å². The SMILES string of the molecule is Oc1cccc(C2(O)C=CC=CC2)c1. The highest BCUT2D eigenvalue weighted by molar-refractivity contribution is 5.36. The molecule has 0 aliphatic heterocycles. The maximum absolute atomic E-state index is 10.2. The zero-order valence-electron chi connectivity index (χ0n) is 7.72. The molecule has 0 saturated carbocycles. The third kappa shape index (κ3) is 1.56. The van der Waals surface area contributed by atoms with Crippen LogP contribution in [0, 0.1) is 0 Å². The molecule has 2 rings (SSSR count). The van der Waals surface area contributed by atoms with Gasteiger partial charge >= 0.3 is 0 Å². The normalized spacial score (nSPS) is 25.2.